The van der Waals surface area contributed by atoms with Gasteiger partial charge in [-0.2, -0.15) is 0 Å². The Bertz CT molecular complexity index is 532. The van der Waals surface area contributed by atoms with Crippen molar-refractivity contribution in [2.45, 2.75) is 38.9 Å². The van der Waals surface area contributed by atoms with E-state index in [0.29, 0.717) is 0 Å². The van der Waals surface area contributed by atoms with Crippen molar-refractivity contribution in [3.05, 3.63) is 54.0 Å². The highest BCUT2D eigenvalue weighted by molar-refractivity contribution is 5.53. The maximum Gasteiger partial charge on any atom is 0.123 e. The molecule has 1 aromatic carbocycles. The van der Waals surface area contributed by atoms with Gasteiger partial charge in [-0.05, 0) is 43.5 Å². The Hall–Kier alpha value is -1.74. The molecule has 1 N–H and O–H groups in total. The molecule has 0 spiro atoms. The second-order valence-corrected chi connectivity index (χ2v) is 5.38. The lowest BCUT2D eigenvalue weighted by molar-refractivity contribution is 0.503. The predicted molar refractivity (Wildman–Crippen MR) is 81.7 cm³/mol. The van der Waals surface area contributed by atoms with Gasteiger partial charge >= 0.3 is 0 Å². The number of hydrogen-bond acceptors (Lipinski definition) is 3. The molecule has 0 atom stereocenters. The van der Waals surface area contributed by atoms with Crippen molar-refractivity contribution >= 4 is 5.69 Å². The quantitative estimate of drug-likeness (QED) is 0.834. The third kappa shape index (κ3) is 3.23. The first-order valence-corrected chi connectivity index (χ1v) is 7.45. The minimum absolute atomic E-state index is 0.739. The Kier molecular flexibility index (Phi) is 4.07. The standard InChI is InChI=1S/C17H22N2O/c1-2-19(13-16-7-5-11-20-16)17-8-4-3-6-14(17)12-18-15-9-10-15/h3-8,11,15,18H,2,9-10,12-13H2,1H3. The van der Waals surface area contributed by atoms with E-state index in [1.54, 1.807) is 6.26 Å². The average Bonchev–Trinajstić information content (AvgIpc) is 3.18. The summed E-state index contributed by atoms with van der Waals surface area (Å²) in [6.07, 6.45) is 4.39. The molecule has 0 unspecified atom stereocenters. The molecule has 1 saturated carbocycles. The van der Waals surface area contributed by atoms with Gasteiger partial charge in [-0.25, -0.2) is 0 Å². The van der Waals surface area contributed by atoms with Crippen molar-refractivity contribution in [2.75, 3.05) is 11.4 Å². The second kappa shape index (κ2) is 6.14. The molecule has 1 aromatic heterocycles. The van der Waals surface area contributed by atoms with Gasteiger partial charge in [-0.3, -0.25) is 0 Å². The van der Waals surface area contributed by atoms with Gasteiger partial charge in [0.15, 0.2) is 0 Å². The Balaban J connectivity index is 1.75. The van der Waals surface area contributed by atoms with Crippen LogP contribution < -0.4 is 10.2 Å². The van der Waals surface area contributed by atoms with Gasteiger partial charge in [-0.15, -0.1) is 0 Å². The Labute approximate surface area is 120 Å². The summed E-state index contributed by atoms with van der Waals surface area (Å²) in [5.74, 6) is 1.01. The van der Waals surface area contributed by atoms with Crippen molar-refractivity contribution < 1.29 is 4.42 Å². The molecule has 0 saturated heterocycles. The van der Waals surface area contributed by atoms with E-state index in [-0.39, 0.29) is 0 Å². The third-order valence-corrected chi connectivity index (χ3v) is 3.80. The maximum absolute atomic E-state index is 5.48. The van der Waals surface area contributed by atoms with Gasteiger partial charge in [0.2, 0.25) is 0 Å². The second-order valence-electron chi connectivity index (χ2n) is 5.38. The minimum Gasteiger partial charge on any atom is -0.467 e. The number of benzene rings is 1. The lowest BCUT2D eigenvalue weighted by Gasteiger charge is -2.25. The molecule has 3 heteroatoms. The summed E-state index contributed by atoms with van der Waals surface area (Å²) in [4.78, 5) is 2.36. The van der Waals surface area contributed by atoms with Crippen LogP contribution >= 0.6 is 0 Å². The summed E-state index contributed by atoms with van der Waals surface area (Å²) in [5.41, 5.74) is 2.67. The van der Waals surface area contributed by atoms with Gasteiger partial charge in [0, 0.05) is 24.8 Å². The molecule has 106 valence electrons. The summed E-state index contributed by atoms with van der Waals surface area (Å²) in [6.45, 7) is 4.94. The highest BCUT2D eigenvalue weighted by Crippen LogP contribution is 2.24. The van der Waals surface area contributed by atoms with Crippen LogP contribution in [0.3, 0.4) is 0 Å². The fourth-order valence-electron chi connectivity index (χ4n) is 2.47. The molecule has 3 nitrogen and oxygen atoms in total. The fraction of sp³-hybridized carbons (Fsp3) is 0.412. The highest BCUT2D eigenvalue weighted by Gasteiger charge is 2.21. The van der Waals surface area contributed by atoms with Gasteiger partial charge < -0.3 is 14.6 Å². The van der Waals surface area contributed by atoms with E-state index < -0.39 is 0 Å². The van der Waals surface area contributed by atoms with Crippen molar-refractivity contribution in [3.63, 3.8) is 0 Å². The van der Waals surface area contributed by atoms with Crippen molar-refractivity contribution in [2.24, 2.45) is 0 Å². The summed E-state index contributed by atoms with van der Waals surface area (Å²) in [5, 5.41) is 3.60. The number of para-hydroxylation sites is 1. The molecular formula is C17H22N2O. The topological polar surface area (TPSA) is 28.4 Å². The number of nitrogens with one attached hydrogen (secondary N) is 1. The van der Waals surface area contributed by atoms with Gasteiger partial charge in [0.05, 0.1) is 12.8 Å². The molecule has 1 heterocycles. The van der Waals surface area contributed by atoms with E-state index in [2.05, 4.69) is 41.4 Å². The lowest BCUT2D eigenvalue weighted by atomic mass is 10.1. The zero-order valence-corrected chi connectivity index (χ0v) is 12.0. The van der Waals surface area contributed by atoms with E-state index in [9.17, 15) is 0 Å². The lowest BCUT2D eigenvalue weighted by Crippen LogP contribution is -2.25. The van der Waals surface area contributed by atoms with Crippen LogP contribution in [0.4, 0.5) is 5.69 Å². The summed E-state index contributed by atoms with van der Waals surface area (Å²) in [6, 6.07) is 13.4. The molecule has 1 aliphatic carbocycles. The first kappa shape index (κ1) is 13.3. The first-order chi connectivity index (χ1) is 9.86. The first-order valence-electron chi connectivity index (χ1n) is 7.45. The van der Waals surface area contributed by atoms with Gasteiger partial charge in [-0.1, -0.05) is 18.2 Å². The molecule has 0 amide bonds. The van der Waals surface area contributed by atoms with Crippen LogP contribution in [0.2, 0.25) is 0 Å². The Morgan fingerprint density at radius 1 is 1.20 bits per heavy atom. The average molecular weight is 270 g/mol. The Morgan fingerprint density at radius 2 is 2.05 bits per heavy atom. The van der Waals surface area contributed by atoms with Gasteiger partial charge in [0.1, 0.15) is 5.76 Å². The van der Waals surface area contributed by atoms with Gasteiger partial charge in [0.25, 0.3) is 0 Å². The van der Waals surface area contributed by atoms with Crippen molar-refractivity contribution in [1.82, 2.24) is 5.32 Å². The van der Waals surface area contributed by atoms with Crippen LogP contribution in [0.15, 0.2) is 47.1 Å². The molecule has 20 heavy (non-hydrogen) atoms. The van der Waals surface area contributed by atoms with E-state index in [0.717, 1.165) is 31.4 Å². The monoisotopic (exact) mass is 270 g/mol. The number of furan rings is 1. The maximum atomic E-state index is 5.48. The molecule has 0 radical (unpaired) electrons. The van der Waals surface area contributed by atoms with Crippen molar-refractivity contribution in [1.29, 1.82) is 0 Å². The summed E-state index contributed by atoms with van der Waals surface area (Å²) >= 11 is 0. The zero-order chi connectivity index (χ0) is 13.8. The van der Waals surface area contributed by atoms with Crippen LogP contribution in [0.1, 0.15) is 31.1 Å². The molecule has 2 aromatic rings. The minimum atomic E-state index is 0.739. The predicted octanol–water partition coefficient (Wildman–Crippen LogP) is 3.56. The third-order valence-electron chi connectivity index (χ3n) is 3.80. The number of rotatable bonds is 7. The number of nitrogens with zero attached hydrogens (tertiary/aromatic N) is 1. The molecule has 0 aliphatic heterocycles. The van der Waals surface area contributed by atoms with Crippen LogP contribution in [0.5, 0.6) is 0 Å². The molecule has 0 bridgehead atoms. The summed E-state index contributed by atoms with van der Waals surface area (Å²) in [7, 11) is 0. The van der Waals surface area contributed by atoms with Crippen LogP contribution in [0, 0.1) is 0 Å². The Morgan fingerprint density at radius 3 is 2.75 bits per heavy atom. The number of hydrogen-bond donors (Lipinski definition) is 1. The van der Waals surface area contributed by atoms with E-state index in [1.807, 2.05) is 12.1 Å². The van der Waals surface area contributed by atoms with E-state index >= 15 is 0 Å². The summed E-state index contributed by atoms with van der Waals surface area (Å²) < 4.78 is 5.48. The zero-order valence-electron chi connectivity index (χ0n) is 12.0. The van der Waals surface area contributed by atoms with Crippen LogP contribution in [-0.4, -0.2) is 12.6 Å². The highest BCUT2D eigenvalue weighted by atomic mass is 16.3. The van der Waals surface area contributed by atoms with Crippen molar-refractivity contribution in [3.8, 4) is 0 Å². The SMILES string of the molecule is CCN(Cc1ccco1)c1ccccc1CNC1CC1. The van der Waals surface area contributed by atoms with E-state index in [1.165, 1.54) is 24.1 Å². The van der Waals surface area contributed by atoms with E-state index in [4.69, 9.17) is 4.42 Å². The van der Waals surface area contributed by atoms with Crippen LogP contribution in [-0.2, 0) is 13.1 Å². The largest absolute Gasteiger partial charge is 0.467 e. The van der Waals surface area contributed by atoms with Crippen LogP contribution in [0.25, 0.3) is 0 Å². The fourth-order valence-corrected chi connectivity index (χ4v) is 2.47. The molecule has 3 rings (SSSR count). The molecule has 1 fully saturated rings. The smallest absolute Gasteiger partial charge is 0.123 e. The number of anilines is 1. The molecular weight excluding hydrogens is 248 g/mol. The normalized spacial score (nSPS) is 14.4. The molecule has 1 aliphatic rings.